The zero-order valence-electron chi connectivity index (χ0n) is 17.8. The number of allylic oxidation sites excluding steroid dienone is 1. The number of carbonyl (C=O) groups excluding carboxylic acids is 1. The minimum Gasteiger partial charge on any atom is -0.335 e. The molecule has 0 saturated carbocycles. The number of benzene rings is 2. The third kappa shape index (κ3) is 4.99. The number of nitrogens with one attached hydrogen (secondary N) is 2. The van der Waals surface area contributed by atoms with Gasteiger partial charge in [0.25, 0.3) is 0 Å². The minimum absolute atomic E-state index is 0.0273. The number of amides is 2. The van der Waals surface area contributed by atoms with Crippen molar-refractivity contribution in [3.05, 3.63) is 71.8 Å². The molecule has 2 aromatic rings. The molecule has 2 unspecified atom stereocenters. The second kappa shape index (κ2) is 9.24. The molecule has 2 aromatic carbocycles. The molecule has 31 heavy (non-hydrogen) atoms. The van der Waals surface area contributed by atoms with Crippen LogP contribution < -0.4 is 10.0 Å². The van der Waals surface area contributed by atoms with Gasteiger partial charge in [-0.3, -0.25) is 0 Å². The van der Waals surface area contributed by atoms with Crippen molar-refractivity contribution in [1.29, 1.82) is 0 Å². The first-order valence-corrected chi connectivity index (χ1v) is 12.5. The van der Waals surface area contributed by atoms with Crippen molar-refractivity contribution >= 4 is 16.1 Å². The highest BCUT2D eigenvalue weighted by Gasteiger charge is 2.38. The Balaban J connectivity index is 1.72. The summed E-state index contributed by atoms with van der Waals surface area (Å²) in [6, 6.07) is 16.0. The Morgan fingerprint density at radius 1 is 1.13 bits per heavy atom. The Morgan fingerprint density at radius 2 is 1.97 bits per heavy atom. The number of sulfonamides is 1. The van der Waals surface area contributed by atoms with Gasteiger partial charge in [0.1, 0.15) is 0 Å². The molecule has 6 nitrogen and oxygen atoms in total. The van der Waals surface area contributed by atoms with E-state index in [1.54, 1.807) is 11.8 Å². The van der Waals surface area contributed by atoms with Crippen molar-refractivity contribution in [2.45, 2.75) is 38.3 Å². The topological polar surface area (TPSA) is 78.5 Å². The first-order valence-electron chi connectivity index (χ1n) is 10.8. The smallest absolute Gasteiger partial charge is 0.317 e. The van der Waals surface area contributed by atoms with Gasteiger partial charge in [-0.15, -0.1) is 0 Å². The van der Waals surface area contributed by atoms with Crippen molar-refractivity contribution in [2.75, 3.05) is 18.8 Å². The molecule has 2 N–H and O–H groups in total. The summed E-state index contributed by atoms with van der Waals surface area (Å²) in [5, 5.41) is 2.96. The summed E-state index contributed by atoms with van der Waals surface area (Å²) in [4.78, 5) is 14.7. The molecule has 4 rings (SSSR count). The van der Waals surface area contributed by atoms with Gasteiger partial charge < -0.3 is 10.2 Å². The van der Waals surface area contributed by atoms with E-state index in [4.69, 9.17) is 0 Å². The molecule has 1 fully saturated rings. The molecule has 2 amide bonds. The lowest BCUT2D eigenvalue weighted by Crippen LogP contribution is -2.50. The molecule has 0 spiro atoms. The van der Waals surface area contributed by atoms with Gasteiger partial charge >= 0.3 is 6.03 Å². The van der Waals surface area contributed by atoms with E-state index in [1.807, 2.05) is 24.3 Å². The standard InChI is InChI=1S/C24H29N3O3S/c1-2-31(29,30)26-22-13-15-27-23(22)17-18-8-7-11-20(16-18)21-12-4-3-9-19(21)10-5-6-14-25-24(27)28/h3-9,11-12,16,22-23,26H,2,10,13-15,17H2,1H3,(H,25,28)/b6-5+. The predicted octanol–water partition coefficient (Wildman–Crippen LogP) is 3.10. The van der Waals surface area contributed by atoms with Gasteiger partial charge in [0.2, 0.25) is 10.0 Å². The second-order valence-electron chi connectivity index (χ2n) is 8.10. The summed E-state index contributed by atoms with van der Waals surface area (Å²) in [6.07, 6.45) is 6.04. The van der Waals surface area contributed by atoms with E-state index in [9.17, 15) is 13.2 Å². The third-order valence-electron chi connectivity index (χ3n) is 6.09. The summed E-state index contributed by atoms with van der Waals surface area (Å²) in [7, 11) is -3.36. The number of carbonyl (C=O) groups is 1. The summed E-state index contributed by atoms with van der Waals surface area (Å²) >= 11 is 0. The van der Waals surface area contributed by atoms with Gasteiger partial charge in [0.05, 0.1) is 11.8 Å². The molecule has 2 heterocycles. The average molecular weight is 440 g/mol. The molecule has 0 aliphatic carbocycles. The molecule has 2 aliphatic rings. The Hall–Kier alpha value is -2.64. The first kappa shape index (κ1) is 21.6. The minimum atomic E-state index is -3.36. The maximum absolute atomic E-state index is 12.9. The fraction of sp³-hybridized carbons (Fsp3) is 0.375. The number of rotatable bonds is 3. The van der Waals surface area contributed by atoms with E-state index in [1.165, 1.54) is 11.1 Å². The Labute approximate surface area is 184 Å². The van der Waals surface area contributed by atoms with Gasteiger partial charge in [-0.1, -0.05) is 60.7 Å². The van der Waals surface area contributed by atoms with E-state index in [0.717, 1.165) is 17.5 Å². The van der Waals surface area contributed by atoms with Crippen LogP contribution in [0.3, 0.4) is 0 Å². The zero-order chi connectivity index (χ0) is 21.8. The van der Waals surface area contributed by atoms with Crippen molar-refractivity contribution in [3.63, 3.8) is 0 Å². The number of fused-ring (bicyclic) bond motifs is 5. The fourth-order valence-corrected chi connectivity index (χ4v) is 5.34. The van der Waals surface area contributed by atoms with Crippen LogP contribution in [-0.2, 0) is 22.9 Å². The monoisotopic (exact) mass is 439 g/mol. The van der Waals surface area contributed by atoms with Crippen LogP contribution in [0.25, 0.3) is 11.1 Å². The molecule has 2 atom stereocenters. The number of nitrogens with zero attached hydrogens (tertiary/aromatic N) is 1. The van der Waals surface area contributed by atoms with Crippen molar-refractivity contribution in [3.8, 4) is 11.1 Å². The summed E-state index contributed by atoms with van der Waals surface area (Å²) in [6.45, 7) is 2.60. The highest BCUT2D eigenvalue weighted by molar-refractivity contribution is 7.89. The van der Waals surface area contributed by atoms with E-state index in [-0.39, 0.29) is 23.9 Å². The molecule has 7 heteroatoms. The van der Waals surface area contributed by atoms with Crippen LogP contribution in [0.1, 0.15) is 24.5 Å². The Morgan fingerprint density at radius 3 is 2.81 bits per heavy atom. The maximum Gasteiger partial charge on any atom is 0.317 e. The van der Waals surface area contributed by atoms with Crippen LogP contribution in [0.5, 0.6) is 0 Å². The van der Waals surface area contributed by atoms with Gasteiger partial charge in [0.15, 0.2) is 0 Å². The first-order chi connectivity index (χ1) is 15.0. The maximum atomic E-state index is 12.9. The Kier molecular flexibility index (Phi) is 6.43. The second-order valence-corrected chi connectivity index (χ2v) is 10.1. The number of hydrogen-bond donors (Lipinski definition) is 2. The largest absolute Gasteiger partial charge is 0.335 e. The van der Waals surface area contributed by atoms with E-state index >= 15 is 0 Å². The van der Waals surface area contributed by atoms with Crippen LogP contribution in [0, 0.1) is 0 Å². The van der Waals surface area contributed by atoms with Crippen LogP contribution in [0.4, 0.5) is 4.79 Å². The zero-order valence-corrected chi connectivity index (χ0v) is 18.6. The highest BCUT2D eigenvalue weighted by atomic mass is 32.2. The van der Waals surface area contributed by atoms with Crippen molar-refractivity contribution in [2.24, 2.45) is 0 Å². The SMILES string of the molecule is CCS(=O)(=O)NC1CCN2C(=O)NC/C=C/Cc3ccccc3-c3cccc(c3)CC12. The summed E-state index contributed by atoms with van der Waals surface area (Å²) in [5.74, 6) is 0.0273. The molecule has 1 saturated heterocycles. The lowest BCUT2D eigenvalue weighted by molar-refractivity contribution is 0.190. The lowest BCUT2D eigenvalue weighted by Gasteiger charge is -2.29. The van der Waals surface area contributed by atoms with Crippen LogP contribution >= 0.6 is 0 Å². The lowest BCUT2D eigenvalue weighted by atomic mass is 9.93. The van der Waals surface area contributed by atoms with Gasteiger partial charge in [-0.2, -0.15) is 0 Å². The van der Waals surface area contributed by atoms with E-state index < -0.39 is 10.0 Å². The van der Waals surface area contributed by atoms with E-state index in [0.29, 0.717) is 25.9 Å². The quantitative estimate of drug-likeness (QED) is 0.722. The van der Waals surface area contributed by atoms with Crippen LogP contribution in [0.2, 0.25) is 0 Å². The van der Waals surface area contributed by atoms with E-state index in [2.05, 4.69) is 46.4 Å². The molecular formula is C24H29N3O3S. The Bertz CT molecular complexity index is 1080. The van der Waals surface area contributed by atoms with Crippen molar-refractivity contribution < 1.29 is 13.2 Å². The normalized spacial score (nSPS) is 22.7. The van der Waals surface area contributed by atoms with Crippen LogP contribution in [0.15, 0.2) is 60.7 Å². The average Bonchev–Trinajstić information content (AvgIpc) is 3.15. The molecular weight excluding hydrogens is 410 g/mol. The summed E-state index contributed by atoms with van der Waals surface area (Å²) in [5.41, 5.74) is 4.65. The van der Waals surface area contributed by atoms with Gasteiger partial charge in [-0.05, 0) is 48.4 Å². The number of urea groups is 1. The van der Waals surface area contributed by atoms with Crippen molar-refractivity contribution in [1.82, 2.24) is 14.9 Å². The molecule has 2 bridgehead atoms. The number of hydrogen-bond acceptors (Lipinski definition) is 3. The highest BCUT2D eigenvalue weighted by Crippen LogP contribution is 2.28. The van der Waals surface area contributed by atoms with Crippen LogP contribution in [-0.4, -0.2) is 50.3 Å². The molecule has 0 aromatic heterocycles. The summed E-state index contributed by atoms with van der Waals surface area (Å²) < 4.78 is 27.3. The fourth-order valence-electron chi connectivity index (χ4n) is 4.44. The predicted molar refractivity (Wildman–Crippen MR) is 123 cm³/mol. The third-order valence-corrected chi connectivity index (χ3v) is 7.52. The van der Waals surface area contributed by atoms with Gasteiger partial charge in [-0.25, -0.2) is 17.9 Å². The molecule has 2 aliphatic heterocycles. The molecule has 164 valence electrons. The van der Waals surface area contributed by atoms with Gasteiger partial charge in [0, 0.05) is 19.1 Å². The molecule has 0 radical (unpaired) electrons.